The molecule has 3 aromatic rings. The molecule has 0 aliphatic carbocycles. The van der Waals surface area contributed by atoms with Gasteiger partial charge in [-0.3, -0.25) is 10.1 Å². The normalized spacial score (nSPS) is 10.6. The number of amides is 1. The van der Waals surface area contributed by atoms with Gasteiger partial charge in [-0.2, -0.15) is 0 Å². The number of rotatable bonds is 4. The lowest BCUT2D eigenvalue weighted by Crippen LogP contribution is -2.12. The summed E-state index contributed by atoms with van der Waals surface area (Å²) in [4.78, 5) is 17.0. The van der Waals surface area contributed by atoms with Crippen LogP contribution in [0.15, 0.2) is 41.8 Å². The Kier molecular flexibility index (Phi) is 4.86. The molecule has 0 atom stereocenters. The van der Waals surface area contributed by atoms with E-state index in [0.29, 0.717) is 10.7 Å². The smallest absolute Gasteiger partial charge is 0.257 e. The highest BCUT2D eigenvalue weighted by Crippen LogP contribution is 2.33. The minimum Gasteiger partial charge on any atom is -0.496 e. The Hall–Kier alpha value is -2.66. The largest absolute Gasteiger partial charge is 0.496 e. The number of benzene rings is 2. The lowest BCUT2D eigenvalue weighted by molar-refractivity contribution is 0.102. The van der Waals surface area contributed by atoms with E-state index in [1.54, 1.807) is 7.11 Å². The molecular weight excluding hydrogens is 332 g/mol. The van der Waals surface area contributed by atoms with Crippen molar-refractivity contribution in [3.63, 3.8) is 0 Å². The van der Waals surface area contributed by atoms with Crippen molar-refractivity contribution in [3.8, 4) is 17.0 Å². The van der Waals surface area contributed by atoms with Gasteiger partial charge in [0.05, 0.1) is 12.8 Å². The molecule has 4 nitrogen and oxygen atoms in total. The van der Waals surface area contributed by atoms with Crippen LogP contribution in [0.2, 0.25) is 0 Å². The Labute approximate surface area is 151 Å². The summed E-state index contributed by atoms with van der Waals surface area (Å²) in [5.74, 6) is 0.614. The quantitative estimate of drug-likeness (QED) is 0.719. The summed E-state index contributed by atoms with van der Waals surface area (Å²) in [6.45, 7) is 6.05. The summed E-state index contributed by atoms with van der Waals surface area (Å²) in [5, 5.41) is 5.37. The SMILES string of the molecule is COc1ccc(C)cc1-c1csc(NC(=O)c2ccc(C)c(C)c2)n1. The third kappa shape index (κ3) is 3.72. The fraction of sp³-hybridized carbons (Fsp3) is 0.200. The molecule has 0 saturated carbocycles. The lowest BCUT2D eigenvalue weighted by Gasteiger charge is -2.07. The minimum atomic E-state index is -0.153. The maximum absolute atomic E-state index is 12.4. The zero-order valence-electron chi connectivity index (χ0n) is 14.7. The molecule has 0 spiro atoms. The van der Waals surface area contributed by atoms with Gasteiger partial charge in [0.1, 0.15) is 5.75 Å². The lowest BCUT2D eigenvalue weighted by atomic mass is 10.1. The summed E-state index contributed by atoms with van der Waals surface area (Å²) in [6, 6.07) is 11.6. The van der Waals surface area contributed by atoms with Gasteiger partial charge < -0.3 is 4.74 Å². The van der Waals surface area contributed by atoms with Gasteiger partial charge in [0, 0.05) is 16.5 Å². The van der Waals surface area contributed by atoms with E-state index in [-0.39, 0.29) is 5.91 Å². The van der Waals surface area contributed by atoms with Crippen molar-refractivity contribution in [3.05, 3.63) is 64.0 Å². The molecule has 1 N–H and O–H groups in total. The number of nitrogens with one attached hydrogen (secondary N) is 1. The number of methoxy groups -OCH3 is 1. The average molecular weight is 352 g/mol. The maximum Gasteiger partial charge on any atom is 0.257 e. The Balaban J connectivity index is 1.83. The zero-order valence-corrected chi connectivity index (χ0v) is 15.5. The number of ether oxygens (including phenoxy) is 1. The number of aromatic nitrogens is 1. The number of thiazole rings is 1. The number of carbonyl (C=O) groups is 1. The first kappa shape index (κ1) is 17.2. The first-order valence-corrected chi connectivity index (χ1v) is 8.85. The second-order valence-electron chi connectivity index (χ2n) is 5.99. The molecule has 2 aromatic carbocycles. The minimum absolute atomic E-state index is 0.153. The van der Waals surface area contributed by atoms with Crippen molar-refractivity contribution in [1.82, 2.24) is 4.98 Å². The van der Waals surface area contributed by atoms with Gasteiger partial charge in [0.25, 0.3) is 5.91 Å². The van der Waals surface area contributed by atoms with Crippen LogP contribution in [-0.2, 0) is 0 Å². The third-order valence-electron chi connectivity index (χ3n) is 4.12. The van der Waals surface area contributed by atoms with E-state index in [4.69, 9.17) is 4.74 Å². The van der Waals surface area contributed by atoms with Crippen LogP contribution in [0.4, 0.5) is 5.13 Å². The van der Waals surface area contributed by atoms with Crippen molar-refractivity contribution in [2.75, 3.05) is 12.4 Å². The molecule has 0 aliphatic rings. The van der Waals surface area contributed by atoms with Crippen LogP contribution in [0.5, 0.6) is 5.75 Å². The molecule has 3 rings (SSSR count). The van der Waals surface area contributed by atoms with Gasteiger partial charge in [-0.1, -0.05) is 17.7 Å². The van der Waals surface area contributed by atoms with Gasteiger partial charge in [0.15, 0.2) is 5.13 Å². The van der Waals surface area contributed by atoms with Crippen molar-refractivity contribution in [2.24, 2.45) is 0 Å². The summed E-state index contributed by atoms with van der Waals surface area (Å²) in [5.41, 5.74) is 5.74. The molecule has 0 bridgehead atoms. The van der Waals surface area contributed by atoms with E-state index in [2.05, 4.69) is 10.3 Å². The van der Waals surface area contributed by atoms with Crippen molar-refractivity contribution in [2.45, 2.75) is 20.8 Å². The molecule has 0 unspecified atom stereocenters. The summed E-state index contributed by atoms with van der Waals surface area (Å²) in [7, 11) is 1.64. The fourth-order valence-corrected chi connectivity index (χ4v) is 3.23. The van der Waals surface area contributed by atoms with Crippen molar-refractivity contribution >= 4 is 22.4 Å². The fourth-order valence-electron chi connectivity index (χ4n) is 2.53. The number of hydrogen-bond acceptors (Lipinski definition) is 4. The molecule has 0 saturated heterocycles. The van der Waals surface area contributed by atoms with Gasteiger partial charge in [-0.25, -0.2) is 4.98 Å². The molecule has 0 fully saturated rings. The zero-order chi connectivity index (χ0) is 18.0. The van der Waals surface area contributed by atoms with Crippen LogP contribution in [0.1, 0.15) is 27.0 Å². The number of nitrogens with zero attached hydrogens (tertiary/aromatic N) is 1. The molecule has 128 valence electrons. The van der Waals surface area contributed by atoms with Crippen LogP contribution in [0.3, 0.4) is 0 Å². The molecule has 5 heteroatoms. The Bertz CT molecular complexity index is 931. The molecular formula is C20H20N2O2S. The first-order valence-electron chi connectivity index (χ1n) is 7.97. The number of anilines is 1. The van der Waals surface area contributed by atoms with Crippen molar-refractivity contribution in [1.29, 1.82) is 0 Å². The summed E-state index contributed by atoms with van der Waals surface area (Å²) >= 11 is 1.40. The second kappa shape index (κ2) is 7.07. The topological polar surface area (TPSA) is 51.2 Å². The Morgan fingerprint density at radius 2 is 1.88 bits per heavy atom. The molecule has 1 amide bonds. The molecule has 25 heavy (non-hydrogen) atoms. The standard InChI is InChI=1S/C20H20N2O2S/c1-12-5-8-18(24-4)16(9-12)17-11-25-20(21-17)22-19(23)15-7-6-13(2)14(3)10-15/h5-11H,1-4H3,(H,21,22,23). The highest BCUT2D eigenvalue weighted by molar-refractivity contribution is 7.14. The van der Waals surface area contributed by atoms with E-state index in [9.17, 15) is 4.79 Å². The van der Waals surface area contributed by atoms with Crippen LogP contribution >= 0.6 is 11.3 Å². The predicted octanol–water partition coefficient (Wildman–Crippen LogP) is 5.00. The second-order valence-corrected chi connectivity index (χ2v) is 6.85. The Morgan fingerprint density at radius 3 is 2.60 bits per heavy atom. The van der Waals surface area contributed by atoms with E-state index in [1.807, 2.05) is 62.5 Å². The average Bonchev–Trinajstić information content (AvgIpc) is 3.05. The molecule has 1 aromatic heterocycles. The predicted molar refractivity (Wildman–Crippen MR) is 103 cm³/mol. The van der Waals surface area contributed by atoms with E-state index in [0.717, 1.165) is 28.1 Å². The molecule has 0 radical (unpaired) electrons. The monoisotopic (exact) mass is 352 g/mol. The van der Waals surface area contributed by atoms with Gasteiger partial charge in [0.2, 0.25) is 0 Å². The van der Waals surface area contributed by atoms with Crippen LogP contribution in [0, 0.1) is 20.8 Å². The molecule has 0 aliphatic heterocycles. The first-order chi connectivity index (χ1) is 12.0. The van der Waals surface area contributed by atoms with Gasteiger partial charge in [-0.15, -0.1) is 11.3 Å². The van der Waals surface area contributed by atoms with Gasteiger partial charge >= 0.3 is 0 Å². The van der Waals surface area contributed by atoms with Crippen LogP contribution < -0.4 is 10.1 Å². The summed E-state index contributed by atoms with van der Waals surface area (Å²) in [6.07, 6.45) is 0. The molecule has 1 heterocycles. The summed E-state index contributed by atoms with van der Waals surface area (Å²) < 4.78 is 5.42. The Morgan fingerprint density at radius 1 is 1.08 bits per heavy atom. The van der Waals surface area contributed by atoms with Crippen LogP contribution in [-0.4, -0.2) is 18.0 Å². The maximum atomic E-state index is 12.4. The van der Waals surface area contributed by atoms with E-state index in [1.165, 1.54) is 16.9 Å². The van der Waals surface area contributed by atoms with Crippen LogP contribution in [0.25, 0.3) is 11.3 Å². The number of aryl methyl sites for hydroxylation is 3. The van der Waals surface area contributed by atoms with Crippen molar-refractivity contribution < 1.29 is 9.53 Å². The highest BCUT2D eigenvalue weighted by Gasteiger charge is 2.13. The number of carbonyl (C=O) groups excluding carboxylic acids is 1. The highest BCUT2D eigenvalue weighted by atomic mass is 32.1. The third-order valence-corrected chi connectivity index (χ3v) is 4.88. The number of hydrogen-bond donors (Lipinski definition) is 1. The van der Waals surface area contributed by atoms with Gasteiger partial charge in [-0.05, 0) is 56.2 Å². The van der Waals surface area contributed by atoms with E-state index < -0.39 is 0 Å². The van der Waals surface area contributed by atoms with E-state index >= 15 is 0 Å².